The van der Waals surface area contributed by atoms with E-state index in [1.54, 1.807) is 11.8 Å². The van der Waals surface area contributed by atoms with E-state index in [9.17, 15) is 4.79 Å². The molecule has 1 unspecified atom stereocenters. The van der Waals surface area contributed by atoms with Crippen LogP contribution in [0, 0.1) is 5.41 Å². The number of nitrogens with zero attached hydrogens (tertiary/aromatic N) is 4. The summed E-state index contributed by atoms with van der Waals surface area (Å²) < 4.78 is 1.98. The second kappa shape index (κ2) is 6.92. The molecule has 0 radical (unpaired) electrons. The van der Waals surface area contributed by atoms with Crippen molar-refractivity contribution in [1.29, 1.82) is 0 Å². The fourth-order valence-corrected chi connectivity index (χ4v) is 3.84. The third kappa shape index (κ3) is 3.33. The molecule has 0 bridgehead atoms. The van der Waals surface area contributed by atoms with Crippen LogP contribution in [0.1, 0.15) is 30.9 Å². The van der Waals surface area contributed by atoms with Gasteiger partial charge < -0.3 is 9.72 Å². The van der Waals surface area contributed by atoms with Gasteiger partial charge in [-0.2, -0.15) is 0 Å². The van der Waals surface area contributed by atoms with Gasteiger partial charge in [-0.3, -0.25) is 4.79 Å². The number of benzene rings is 1. The number of imidazole rings is 1. The van der Waals surface area contributed by atoms with Crippen LogP contribution < -0.4 is 5.32 Å². The molecule has 27 heavy (non-hydrogen) atoms. The van der Waals surface area contributed by atoms with E-state index < -0.39 is 5.41 Å². The van der Waals surface area contributed by atoms with Gasteiger partial charge in [0.05, 0.1) is 23.5 Å². The number of nitrogens with one attached hydrogen (secondary N) is 1. The van der Waals surface area contributed by atoms with Gasteiger partial charge >= 0.3 is 0 Å². The molecule has 1 atom stereocenters. The molecule has 0 aliphatic heterocycles. The first kappa shape index (κ1) is 17.4. The standard InChI is InChI=1S/C20H19N5OS/c1-20(2,18(26)23-19-24-22-13-27-19)17(14-6-4-3-5-7-14)15-8-9-16-10-21-12-25(16)11-15/h3-13,17H,1-2H3,(H,23,24,26). The summed E-state index contributed by atoms with van der Waals surface area (Å²) in [6, 6.07) is 14.2. The van der Waals surface area contributed by atoms with Gasteiger partial charge in [0.1, 0.15) is 5.51 Å². The van der Waals surface area contributed by atoms with Crippen molar-refractivity contribution in [3.8, 4) is 0 Å². The highest BCUT2D eigenvalue weighted by atomic mass is 32.1. The Morgan fingerprint density at radius 3 is 2.70 bits per heavy atom. The number of anilines is 1. The Kier molecular flexibility index (Phi) is 4.45. The predicted octanol–water partition coefficient (Wildman–Crippen LogP) is 3.98. The molecule has 1 aromatic carbocycles. The number of carbonyl (C=O) groups is 1. The van der Waals surface area contributed by atoms with Crippen molar-refractivity contribution >= 4 is 27.9 Å². The Balaban J connectivity index is 1.78. The van der Waals surface area contributed by atoms with Gasteiger partial charge in [0.25, 0.3) is 0 Å². The molecule has 7 heteroatoms. The Morgan fingerprint density at radius 2 is 1.96 bits per heavy atom. The van der Waals surface area contributed by atoms with Gasteiger partial charge in [-0.25, -0.2) is 4.98 Å². The zero-order chi connectivity index (χ0) is 18.9. The molecule has 0 aliphatic carbocycles. The molecule has 0 aliphatic rings. The van der Waals surface area contributed by atoms with Crippen molar-refractivity contribution in [2.24, 2.45) is 5.41 Å². The van der Waals surface area contributed by atoms with E-state index in [-0.39, 0.29) is 11.8 Å². The minimum Gasteiger partial charge on any atom is -0.306 e. The number of fused-ring (bicyclic) bond motifs is 1. The Labute approximate surface area is 160 Å². The van der Waals surface area contributed by atoms with Crippen LogP contribution in [0.4, 0.5) is 5.13 Å². The van der Waals surface area contributed by atoms with Crippen LogP contribution in [0.2, 0.25) is 0 Å². The number of rotatable bonds is 5. The highest BCUT2D eigenvalue weighted by Crippen LogP contribution is 2.41. The van der Waals surface area contributed by atoms with Crippen LogP contribution >= 0.6 is 11.3 Å². The fraction of sp³-hybridized carbons (Fsp3) is 0.200. The molecule has 3 aromatic heterocycles. The lowest BCUT2D eigenvalue weighted by atomic mass is 9.71. The number of hydrogen-bond donors (Lipinski definition) is 1. The number of hydrogen-bond acceptors (Lipinski definition) is 5. The highest BCUT2D eigenvalue weighted by Gasteiger charge is 2.39. The van der Waals surface area contributed by atoms with Crippen LogP contribution in [0.15, 0.2) is 66.7 Å². The molecule has 6 nitrogen and oxygen atoms in total. The maximum Gasteiger partial charge on any atom is 0.232 e. The SMILES string of the molecule is CC(C)(C(=O)Nc1nncs1)C(c1ccccc1)c1ccc2cncn2c1. The summed E-state index contributed by atoms with van der Waals surface area (Å²) >= 11 is 1.31. The van der Waals surface area contributed by atoms with Crippen LogP contribution in [-0.2, 0) is 4.79 Å². The summed E-state index contributed by atoms with van der Waals surface area (Å²) in [4.78, 5) is 17.3. The first-order chi connectivity index (χ1) is 13.1. The average molecular weight is 377 g/mol. The Morgan fingerprint density at radius 1 is 1.15 bits per heavy atom. The van der Waals surface area contributed by atoms with Crippen molar-refractivity contribution in [3.63, 3.8) is 0 Å². The molecular weight excluding hydrogens is 358 g/mol. The zero-order valence-electron chi connectivity index (χ0n) is 15.0. The van der Waals surface area contributed by atoms with E-state index in [0.717, 1.165) is 16.6 Å². The maximum atomic E-state index is 13.1. The summed E-state index contributed by atoms with van der Waals surface area (Å²) in [5, 5.41) is 11.1. The van der Waals surface area contributed by atoms with E-state index in [2.05, 4.69) is 38.7 Å². The number of amides is 1. The summed E-state index contributed by atoms with van der Waals surface area (Å²) in [6.45, 7) is 3.91. The van der Waals surface area contributed by atoms with Crippen LogP contribution in [0.5, 0.6) is 0 Å². The fourth-order valence-electron chi connectivity index (χ4n) is 3.40. The zero-order valence-corrected chi connectivity index (χ0v) is 15.9. The molecule has 1 amide bonds. The van der Waals surface area contributed by atoms with E-state index in [1.807, 2.05) is 54.9 Å². The second-order valence-corrected chi connectivity index (χ2v) is 7.78. The Bertz CT molecular complexity index is 1060. The van der Waals surface area contributed by atoms with Crippen molar-refractivity contribution in [2.75, 3.05) is 5.32 Å². The van der Waals surface area contributed by atoms with Gasteiger partial charge in [0, 0.05) is 12.1 Å². The van der Waals surface area contributed by atoms with Crippen LogP contribution in [-0.4, -0.2) is 25.5 Å². The molecule has 0 fully saturated rings. The lowest BCUT2D eigenvalue weighted by Crippen LogP contribution is -2.37. The van der Waals surface area contributed by atoms with Crippen molar-refractivity contribution in [3.05, 3.63) is 77.8 Å². The quantitative estimate of drug-likeness (QED) is 0.571. The summed E-state index contributed by atoms with van der Waals surface area (Å²) in [7, 11) is 0. The van der Waals surface area contributed by atoms with E-state index in [1.165, 1.54) is 11.3 Å². The second-order valence-electron chi connectivity index (χ2n) is 6.95. The number of pyridine rings is 1. The topological polar surface area (TPSA) is 72.2 Å². The summed E-state index contributed by atoms with van der Waals surface area (Å²) in [5.41, 5.74) is 4.02. The lowest BCUT2D eigenvalue weighted by molar-refractivity contribution is -0.124. The molecule has 4 aromatic rings. The molecule has 0 spiro atoms. The predicted molar refractivity (Wildman–Crippen MR) is 106 cm³/mol. The molecule has 1 N–H and O–H groups in total. The molecule has 0 saturated heterocycles. The summed E-state index contributed by atoms with van der Waals surface area (Å²) in [5.74, 6) is -0.239. The van der Waals surface area contributed by atoms with Gasteiger partial charge in [0.15, 0.2) is 0 Å². The van der Waals surface area contributed by atoms with Crippen molar-refractivity contribution in [2.45, 2.75) is 19.8 Å². The van der Waals surface area contributed by atoms with Gasteiger partial charge in [-0.1, -0.05) is 61.6 Å². The van der Waals surface area contributed by atoms with Gasteiger partial charge in [-0.15, -0.1) is 10.2 Å². The minimum atomic E-state index is -0.721. The molecule has 0 saturated carbocycles. The van der Waals surface area contributed by atoms with Gasteiger partial charge in [0.2, 0.25) is 11.0 Å². The molecule has 136 valence electrons. The normalized spacial score (nSPS) is 12.8. The minimum absolute atomic E-state index is 0.0983. The third-order valence-electron chi connectivity index (χ3n) is 4.78. The smallest absolute Gasteiger partial charge is 0.232 e. The van der Waals surface area contributed by atoms with Crippen molar-refractivity contribution < 1.29 is 4.79 Å². The first-order valence-electron chi connectivity index (χ1n) is 8.60. The molecular formula is C20H19N5OS. The molecule has 3 heterocycles. The summed E-state index contributed by atoms with van der Waals surface area (Å²) in [6.07, 6.45) is 5.63. The number of carbonyl (C=O) groups excluding carboxylic acids is 1. The first-order valence-corrected chi connectivity index (χ1v) is 9.48. The van der Waals surface area contributed by atoms with Crippen molar-refractivity contribution in [1.82, 2.24) is 19.6 Å². The van der Waals surface area contributed by atoms with Crippen LogP contribution in [0.3, 0.4) is 0 Å². The van der Waals surface area contributed by atoms with E-state index in [4.69, 9.17) is 0 Å². The molecule has 4 rings (SSSR count). The highest BCUT2D eigenvalue weighted by molar-refractivity contribution is 7.13. The number of aromatic nitrogens is 4. The average Bonchev–Trinajstić information content (AvgIpc) is 3.33. The van der Waals surface area contributed by atoms with E-state index >= 15 is 0 Å². The van der Waals surface area contributed by atoms with E-state index in [0.29, 0.717) is 5.13 Å². The van der Waals surface area contributed by atoms with Gasteiger partial charge in [-0.05, 0) is 17.2 Å². The largest absolute Gasteiger partial charge is 0.306 e. The maximum absolute atomic E-state index is 13.1. The van der Waals surface area contributed by atoms with Crippen LogP contribution in [0.25, 0.3) is 5.52 Å². The third-order valence-corrected chi connectivity index (χ3v) is 5.39. The monoisotopic (exact) mass is 377 g/mol. The Hall–Kier alpha value is -3.06. The lowest BCUT2D eigenvalue weighted by Gasteiger charge is -2.33.